The van der Waals surface area contributed by atoms with E-state index in [-0.39, 0.29) is 18.3 Å². The SMILES string of the molecule is Cc1ncc(CO)c(CN2CCC(C(=O)N3CCCC3)CC2)c1O. The van der Waals surface area contributed by atoms with Gasteiger partial charge in [-0.2, -0.15) is 0 Å². The van der Waals surface area contributed by atoms with Gasteiger partial charge in [0.2, 0.25) is 5.91 Å². The molecule has 0 aromatic carbocycles. The number of likely N-dealkylation sites (tertiary alicyclic amines) is 2. The van der Waals surface area contributed by atoms with Crippen LogP contribution in [0.4, 0.5) is 0 Å². The van der Waals surface area contributed by atoms with Crippen LogP contribution in [0.3, 0.4) is 0 Å². The van der Waals surface area contributed by atoms with Gasteiger partial charge in [0.15, 0.2) is 0 Å². The van der Waals surface area contributed by atoms with Crippen molar-refractivity contribution in [1.29, 1.82) is 0 Å². The number of aliphatic hydroxyl groups is 1. The molecule has 3 rings (SSSR count). The van der Waals surface area contributed by atoms with Crippen molar-refractivity contribution in [2.24, 2.45) is 5.92 Å². The maximum Gasteiger partial charge on any atom is 0.225 e. The maximum atomic E-state index is 12.5. The second-order valence-corrected chi connectivity index (χ2v) is 6.94. The van der Waals surface area contributed by atoms with E-state index >= 15 is 0 Å². The lowest BCUT2D eigenvalue weighted by Gasteiger charge is -2.33. The first-order chi connectivity index (χ1) is 11.6. The Bertz CT molecular complexity index is 591. The quantitative estimate of drug-likeness (QED) is 0.871. The van der Waals surface area contributed by atoms with Gasteiger partial charge in [-0.05, 0) is 45.7 Å². The van der Waals surface area contributed by atoms with E-state index in [4.69, 9.17) is 0 Å². The number of pyridine rings is 1. The number of aromatic nitrogens is 1. The number of hydrogen-bond acceptors (Lipinski definition) is 5. The second kappa shape index (κ2) is 7.49. The summed E-state index contributed by atoms with van der Waals surface area (Å²) in [5, 5.41) is 19.7. The summed E-state index contributed by atoms with van der Waals surface area (Å²) >= 11 is 0. The third-order valence-electron chi connectivity index (χ3n) is 5.34. The number of amides is 1. The number of hydrogen-bond donors (Lipinski definition) is 2. The molecule has 2 saturated heterocycles. The van der Waals surface area contributed by atoms with E-state index in [1.54, 1.807) is 13.1 Å². The zero-order valence-electron chi connectivity index (χ0n) is 14.4. The molecule has 0 saturated carbocycles. The Hall–Kier alpha value is -1.66. The number of nitrogens with zero attached hydrogens (tertiary/aromatic N) is 3. The molecule has 1 amide bonds. The zero-order chi connectivity index (χ0) is 17.1. The Morgan fingerprint density at radius 1 is 1.25 bits per heavy atom. The molecule has 0 bridgehead atoms. The number of carbonyl (C=O) groups excluding carboxylic acids is 1. The molecule has 2 fully saturated rings. The van der Waals surface area contributed by atoms with Gasteiger partial charge in [-0.15, -0.1) is 0 Å². The Kier molecular flexibility index (Phi) is 5.36. The highest BCUT2D eigenvalue weighted by Gasteiger charge is 2.30. The van der Waals surface area contributed by atoms with E-state index in [2.05, 4.69) is 9.88 Å². The minimum Gasteiger partial charge on any atom is -0.506 e. The topological polar surface area (TPSA) is 76.9 Å². The van der Waals surface area contributed by atoms with E-state index < -0.39 is 0 Å². The normalized spacial score (nSPS) is 19.8. The molecular weight excluding hydrogens is 306 g/mol. The van der Waals surface area contributed by atoms with Gasteiger partial charge in [-0.3, -0.25) is 14.7 Å². The molecular formula is C18H27N3O3. The van der Waals surface area contributed by atoms with Crippen molar-refractivity contribution in [3.05, 3.63) is 23.0 Å². The zero-order valence-corrected chi connectivity index (χ0v) is 14.4. The maximum absolute atomic E-state index is 12.5. The average Bonchev–Trinajstić information content (AvgIpc) is 3.14. The summed E-state index contributed by atoms with van der Waals surface area (Å²) in [4.78, 5) is 20.9. The predicted octanol–water partition coefficient (Wildman–Crippen LogP) is 1.42. The van der Waals surface area contributed by atoms with Gasteiger partial charge in [0.1, 0.15) is 5.75 Å². The summed E-state index contributed by atoms with van der Waals surface area (Å²) in [6, 6.07) is 0. The molecule has 2 aliphatic heterocycles. The minimum absolute atomic E-state index is 0.125. The van der Waals surface area contributed by atoms with Crippen LogP contribution in [0.25, 0.3) is 0 Å². The van der Waals surface area contributed by atoms with Crippen LogP contribution >= 0.6 is 0 Å². The fraction of sp³-hybridized carbons (Fsp3) is 0.667. The molecule has 0 aliphatic carbocycles. The smallest absolute Gasteiger partial charge is 0.225 e. The average molecular weight is 333 g/mol. The summed E-state index contributed by atoms with van der Waals surface area (Å²) in [6.07, 6.45) is 5.64. The van der Waals surface area contributed by atoms with Crippen molar-refractivity contribution >= 4 is 5.91 Å². The largest absolute Gasteiger partial charge is 0.506 e. The highest BCUT2D eigenvalue weighted by atomic mass is 16.3. The van der Waals surface area contributed by atoms with Gasteiger partial charge in [0, 0.05) is 42.9 Å². The second-order valence-electron chi connectivity index (χ2n) is 6.94. The molecule has 0 unspecified atom stereocenters. The molecule has 1 aromatic rings. The van der Waals surface area contributed by atoms with E-state index in [0.717, 1.165) is 57.4 Å². The monoisotopic (exact) mass is 333 g/mol. The number of aryl methyl sites for hydroxylation is 1. The third kappa shape index (κ3) is 3.54. The fourth-order valence-corrected chi connectivity index (χ4v) is 3.75. The molecule has 132 valence electrons. The van der Waals surface area contributed by atoms with Gasteiger partial charge in [0.25, 0.3) is 0 Å². The van der Waals surface area contributed by atoms with Crippen molar-refractivity contribution in [2.75, 3.05) is 26.2 Å². The summed E-state index contributed by atoms with van der Waals surface area (Å²) in [6.45, 7) is 5.76. The lowest BCUT2D eigenvalue weighted by molar-refractivity contribution is -0.136. The molecule has 1 aromatic heterocycles. The highest BCUT2D eigenvalue weighted by molar-refractivity contribution is 5.79. The van der Waals surface area contributed by atoms with Crippen LogP contribution in [0.15, 0.2) is 6.20 Å². The number of rotatable bonds is 4. The van der Waals surface area contributed by atoms with E-state index in [0.29, 0.717) is 23.7 Å². The van der Waals surface area contributed by atoms with Crippen molar-refractivity contribution in [2.45, 2.75) is 45.8 Å². The summed E-state index contributed by atoms with van der Waals surface area (Å²) in [5.74, 6) is 0.645. The van der Waals surface area contributed by atoms with Gasteiger partial charge in [0.05, 0.1) is 12.3 Å². The summed E-state index contributed by atoms with van der Waals surface area (Å²) in [7, 11) is 0. The summed E-state index contributed by atoms with van der Waals surface area (Å²) in [5.41, 5.74) is 2.02. The molecule has 0 spiro atoms. The van der Waals surface area contributed by atoms with E-state index in [9.17, 15) is 15.0 Å². The van der Waals surface area contributed by atoms with Crippen molar-refractivity contribution < 1.29 is 15.0 Å². The number of carbonyl (C=O) groups is 1. The van der Waals surface area contributed by atoms with Gasteiger partial charge < -0.3 is 15.1 Å². The Morgan fingerprint density at radius 3 is 2.54 bits per heavy atom. The standard InChI is InChI=1S/C18H27N3O3/c1-13-17(23)16(15(12-22)10-19-13)11-20-8-4-14(5-9-20)18(24)21-6-2-3-7-21/h10,14,22-23H,2-9,11-12H2,1H3. The molecule has 6 nitrogen and oxygen atoms in total. The Balaban J connectivity index is 1.60. The van der Waals surface area contributed by atoms with Crippen molar-refractivity contribution in [3.63, 3.8) is 0 Å². The van der Waals surface area contributed by atoms with Crippen LogP contribution in [-0.4, -0.2) is 57.1 Å². The highest BCUT2D eigenvalue weighted by Crippen LogP contribution is 2.28. The molecule has 24 heavy (non-hydrogen) atoms. The van der Waals surface area contributed by atoms with E-state index in [1.165, 1.54) is 0 Å². The number of aromatic hydroxyl groups is 1. The fourth-order valence-electron chi connectivity index (χ4n) is 3.75. The molecule has 0 atom stereocenters. The number of aliphatic hydroxyl groups excluding tert-OH is 1. The molecule has 2 aliphatic rings. The first kappa shape index (κ1) is 17.2. The first-order valence-electron chi connectivity index (χ1n) is 8.88. The van der Waals surface area contributed by atoms with Crippen LogP contribution in [-0.2, 0) is 17.9 Å². The van der Waals surface area contributed by atoms with E-state index in [1.807, 2.05) is 4.90 Å². The Morgan fingerprint density at radius 2 is 1.92 bits per heavy atom. The number of piperidine rings is 1. The van der Waals surface area contributed by atoms with Crippen LogP contribution in [0.2, 0.25) is 0 Å². The van der Waals surface area contributed by atoms with Gasteiger partial charge in [-0.1, -0.05) is 0 Å². The van der Waals surface area contributed by atoms with Gasteiger partial charge >= 0.3 is 0 Å². The van der Waals surface area contributed by atoms with Crippen molar-refractivity contribution in [1.82, 2.24) is 14.8 Å². The van der Waals surface area contributed by atoms with Crippen molar-refractivity contribution in [3.8, 4) is 5.75 Å². The molecule has 3 heterocycles. The third-order valence-corrected chi connectivity index (χ3v) is 5.34. The first-order valence-corrected chi connectivity index (χ1v) is 8.88. The molecule has 2 N–H and O–H groups in total. The lowest BCUT2D eigenvalue weighted by Crippen LogP contribution is -2.41. The molecule has 6 heteroatoms. The minimum atomic E-state index is -0.125. The Labute approximate surface area is 143 Å². The van der Waals surface area contributed by atoms with Crippen LogP contribution in [0.5, 0.6) is 5.75 Å². The van der Waals surface area contributed by atoms with Gasteiger partial charge in [-0.25, -0.2) is 0 Å². The predicted molar refractivity (Wildman–Crippen MR) is 90.4 cm³/mol. The summed E-state index contributed by atoms with van der Waals surface area (Å²) < 4.78 is 0. The molecule has 0 radical (unpaired) electrons. The van der Waals surface area contributed by atoms with Crippen LogP contribution in [0, 0.1) is 12.8 Å². The van der Waals surface area contributed by atoms with Crippen LogP contribution < -0.4 is 0 Å². The lowest BCUT2D eigenvalue weighted by atomic mass is 9.94. The van der Waals surface area contributed by atoms with Crippen LogP contribution in [0.1, 0.15) is 42.5 Å².